The molecule has 0 fully saturated rings. The Balaban J connectivity index is 4.39. The summed E-state index contributed by atoms with van der Waals surface area (Å²) < 4.78 is 17.5. The van der Waals surface area contributed by atoms with Gasteiger partial charge in [-0.25, -0.2) is 0 Å². The van der Waals surface area contributed by atoms with Crippen LogP contribution in [0.25, 0.3) is 0 Å². The van der Waals surface area contributed by atoms with Gasteiger partial charge in [0.2, 0.25) is 0 Å². The van der Waals surface area contributed by atoms with E-state index in [1.54, 1.807) is 0 Å². The maximum atomic E-state index is 12.9. The van der Waals surface area contributed by atoms with Crippen LogP contribution in [0.5, 0.6) is 0 Å². The highest BCUT2D eigenvalue weighted by Gasteiger charge is 2.17. The van der Waals surface area contributed by atoms with E-state index < -0.39 is 6.10 Å². The number of ether oxygens (including phenoxy) is 3. The Morgan fingerprint density at radius 1 is 0.311 bits per heavy atom. The monoisotopic (exact) mass is 1020 g/mol. The average molecular weight is 1020 g/mol. The molecule has 0 aliphatic heterocycles. The number of allylic oxidation sites excluding steroid dienone is 22. The van der Waals surface area contributed by atoms with Crippen molar-refractivity contribution in [3.63, 3.8) is 0 Å². The maximum absolute atomic E-state index is 12.9. The summed E-state index contributed by atoms with van der Waals surface area (Å²) >= 11 is 0. The molecular formula is C69H114O5. The van der Waals surface area contributed by atoms with E-state index in [4.69, 9.17) is 14.2 Å². The van der Waals surface area contributed by atoms with E-state index in [-0.39, 0.29) is 25.2 Å². The van der Waals surface area contributed by atoms with Gasteiger partial charge in [0.25, 0.3) is 0 Å². The van der Waals surface area contributed by atoms with Gasteiger partial charge in [-0.2, -0.15) is 0 Å². The fourth-order valence-corrected chi connectivity index (χ4v) is 8.15. The van der Waals surface area contributed by atoms with Crippen molar-refractivity contribution >= 4 is 11.9 Å². The molecule has 0 aromatic carbocycles. The molecule has 0 aromatic heterocycles. The summed E-state index contributed by atoms with van der Waals surface area (Å²) in [5.74, 6) is -0.438. The average Bonchev–Trinajstić information content (AvgIpc) is 3.40. The van der Waals surface area contributed by atoms with Gasteiger partial charge in [0.05, 0.1) is 6.61 Å². The summed E-state index contributed by atoms with van der Waals surface area (Å²) in [4.78, 5) is 25.6. The van der Waals surface area contributed by atoms with Gasteiger partial charge in [0, 0.05) is 19.4 Å². The number of hydrogen-bond donors (Lipinski definition) is 0. The molecule has 5 nitrogen and oxygen atoms in total. The summed E-state index contributed by atoms with van der Waals surface area (Å²) in [7, 11) is 0. The predicted octanol–water partition coefficient (Wildman–Crippen LogP) is 21.5. The van der Waals surface area contributed by atoms with Gasteiger partial charge in [0.1, 0.15) is 6.61 Å². The van der Waals surface area contributed by atoms with Crippen LogP contribution in [0.3, 0.4) is 0 Å². The molecule has 0 spiro atoms. The van der Waals surface area contributed by atoms with Crippen LogP contribution in [0, 0.1) is 0 Å². The van der Waals surface area contributed by atoms with Crippen LogP contribution in [-0.4, -0.2) is 37.9 Å². The molecule has 0 saturated carbocycles. The van der Waals surface area contributed by atoms with Gasteiger partial charge >= 0.3 is 11.9 Å². The smallest absolute Gasteiger partial charge is 0.306 e. The van der Waals surface area contributed by atoms with E-state index >= 15 is 0 Å². The number of esters is 2. The van der Waals surface area contributed by atoms with Gasteiger partial charge in [-0.05, 0) is 135 Å². The second-order valence-corrected chi connectivity index (χ2v) is 19.8. The molecular weight excluding hydrogens is 909 g/mol. The van der Waals surface area contributed by atoms with Crippen LogP contribution in [-0.2, 0) is 23.8 Å². The quantitative estimate of drug-likeness (QED) is 0.0345. The largest absolute Gasteiger partial charge is 0.462 e. The zero-order valence-corrected chi connectivity index (χ0v) is 48.3. The molecule has 0 rings (SSSR count). The second-order valence-electron chi connectivity index (χ2n) is 19.8. The lowest BCUT2D eigenvalue weighted by Gasteiger charge is -2.18. The molecule has 0 aliphatic carbocycles. The van der Waals surface area contributed by atoms with Crippen LogP contribution < -0.4 is 0 Å². The maximum Gasteiger partial charge on any atom is 0.306 e. The molecule has 0 N–H and O–H groups in total. The third-order valence-corrected chi connectivity index (χ3v) is 12.7. The minimum absolute atomic E-state index is 0.0594. The number of carbonyl (C=O) groups excluding carboxylic acids is 2. The minimum Gasteiger partial charge on any atom is -0.462 e. The first kappa shape index (κ1) is 70.0. The predicted molar refractivity (Wildman–Crippen MR) is 325 cm³/mol. The highest BCUT2D eigenvalue weighted by atomic mass is 16.6. The minimum atomic E-state index is -0.567. The molecule has 0 saturated heterocycles. The topological polar surface area (TPSA) is 61.8 Å². The summed E-state index contributed by atoms with van der Waals surface area (Å²) in [5.41, 5.74) is 0. The normalized spacial score (nSPS) is 13.2. The van der Waals surface area contributed by atoms with E-state index in [0.29, 0.717) is 19.4 Å². The van der Waals surface area contributed by atoms with Gasteiger partial charge < -0.3 is 14.2 Å². The highest BCUT2D eigenvalue weighted by molar-refractivity contribution is 5.70. The van der Waals surface area contributed by atoms with Gasteiger partial charge in [-0.1, -0.05) is 251 Å². The lowest BCUT2D eigenvalue weighted by atomic mass is 10.1. The van der Waals surface area contributed by atoms with Gasteiger partial charge in [-0.15, -0.1) is 0 Å². The molecule has 420 valence electrons. The van der Waals surface area contributed by atoms with Gasteiger partial charge in [-0.3, -0.25) is 9.59 Å². The third-order valence-electron chi connectivity index (χ3n) is 12.7. The Morgan fingerprint density at radius 3 is 0.973 bits per heavy atom. The fourth-order valence-electron chi connectivity index (χ4n) is 8.15. The lowest BCUT2D eigenvalue weighted by Crippen LogP contribution is -2.30. The van der Waals surface area contributed by atoms with Crippen molar-refractivity contribution in [3.8, 4) is 0 Å². The Kier molecular flexibility index (Phi) is 59.9. The molecule has 0 heterocycles. The van der Waals surface area contributed by atoms with E-state index in [1.807, 2.05) is 0 Å². The zero-order valence-electron chi connectivity index (χ0n) is 48.3. The standard InChI is InChI=1S/C69H114O5/c1-4-7-10-13-16-19-22-25-28-31-34-37-40-43-46-49-52-55-58-61-64-72-65-67(74-69(71)63-60-57-54-51-48-45-42-39-36-33-30-27-24-21-18-15-12-9-6-3)66-73-68(70)62-59-56-53-50-47-44-41-38-35-32-29-26-23-20-17-14-11-8-5-2/h8-9,11-12,16-21,25-30,34-39,67H,4-7,10,13-15,22-24,31-33,40-66H2,1-3H3/b11-8-,12-9-,19-16-,20-17-,21-18-,28-25-,29-26-,30-27-,37-34-,38-35-,39-36-. The Hall–Kier alpha value is -3.96. The SMILES string of the molecule is CC/C=C\C/C=C\C/C=C\C/C=C\CCCCCCCCC(=O)OCC(COCCCCCCCCC/C=C\C/C=C\C/C=C\CCCCC)OC(=O)CCCCCCCC/C=C\C/C=C\C/C=C\C/C=C\CC. The molecule has 0 bridgehead atoms. The molecule has 0 radical (unpaired) electrons. The highest BCUT2D eigenvalue weighted by Crippen LogP contribution is 2.14. The second kappa shape index (κ2) is 63.3. The first-order chi connectivity index (χ1) is 36.6. The molecule has 0 aliphatic rings. The van der Waals surface area contributed by atoms with E-state index in [1.165, 1.54) is 103 Å². The van der Waals surface area contributed by atoms with Crippen molar-refractivity contribution in [1.29, 1.82) is 0 Å². The number of rotatable bonds is 55. The Bertz CT molecular complexity index is 1530. The zero-order chi connectivity index (χ0) is 53.4. The van der Waals surface area contributed by atoms with Gasteiger partial charge in [0.15, 0.2) is 6.10 Å². The number of carbonyl (C=O) groups is 2. The summed E-state index contributed by atoms with van der Waals surface area (Å²) in [6, 6.07) is 0. The van der Waals surface area contributed by atoms with Crippen LogP contribution in [0.2, 0.25) is 0 Å². The number of hydrogen-bond acceptors (Lipinski definition) is 5. The van der Waals surface area contributed by atoms with Crippen LogP contribution in [0.15, 0.2) is 134 Å². The summed E-state index contributed by atoms with van der Waals surface area (Å²) in [5, 5.41) is 0. The van der Waals surface area contributed by atoms with Crippen molar-refractivity contribution in [2.24, 2.45) is 0 Å². The van der Waals surface area contributed by atoms with Crippen molar-refractivity contribution in [2.75, 3.05) is 19.8 Å². The lowest BCUT2D eigenvalue weighted by molar-refractivity contribution is -0.163. The van der Waals surface area contributed by atoms with Crippen molar-refractivity contribution in [3.05, 3.63) is 134 Å². The van der Waals surface area contributed by atoms with Crippen LogP contribution >= 0.6 is 0 Å². The Labute approximate surface area is 458 Å². The first-order valence-corrected chi connectivity index (χ1v) is 30.7. The third kappa shape index (κ3) is 60.6. The van der Waals surface area contributed by atoms with Crippen molar-refractivity contribution in [1.82, 2.24) is 0 Å². The summed E-state index contributed by atoms with van der Waals surface area (Å²) in [6.45, 7) is 7.53. The number of unbranched alkanes of at least 4 members (excludes halogenated alkanes) is 22. The molecule has 0 aromatic rings. The van der Waals surface area contributed by atoms with Crippen LogP contribution in [0.1, 0.15) is 265 Å². The molecule has 74 heavy (non-hydrogen) atoms. The molecule has 1 atom stereocenters. The fraction of sp³-hybridized carbons (Fsp3) is 0.652. The first-order valence-electron chi connectivity index (χ1n) is 30.7. The van der Waals surface area contributed by atoms with E-state index in [0.717, 1.165) is 128 Å². The molecule has 1 unspecified atom stereocenters. The Morgan fingerprint density at radius 2 is 0.608 bits per heavy atom. The molecule has 5 heteroatoms. The van der Waals surface area contributed by atoms with Crippen molar-refractivity contribution < 1.29 is 23.8 Å². The van der Waals surface area contributed by atoms with E-state index in [2.05, 4.69) is 154 Å². The molecule has 0 amide bonds. The van der Waals surface area contributed by atoms with E-state index in [9.17, 15) is 9.59 Å². The van der Waals surface area contributed by atoms with Crippen LogP contribution in [0.4, 0.5) is 0 Å². The summed E-state index contributed by atoms with van der Waals surface area (Å²) in [6.07, 6.45) is 90.5. The van der Waals surface area contributed by atoms with Crippen molar-refractivity contribution in [2.45, 2.75) is 271 Å².